The van der Waals surface area contributed by atoms with Crippen LogP contribution in [0, 0.1) is 0 Å². The molecule has 0 radical (unpaired) electrons. The number of benzene rings is 10. The van der Waals surface area contributed by atoms with Crippen LogP contribution in [0.4, 0.5) is 34.1 Å². The van der Waals surface area contributed by atoms with Crippen LogP contribution in [0.5, 0.6) is 0 Å². The minimum Gasteiger partial charge on any atom is -0.311 e. The van der Waals surface area contributed by atoms with Gasteiger partial charge in [-0.15, -0.1) is 0 Å². The fraction of sp³-hybridized carbons (Fsp3) is 0.0508. The predicted octanol–water partition coefficient (Wildman–Crippen LogP) is 16.6. The molecule has 0 amide bonds. The van der Waals surface area contributed by atoms with Gasteiger partial charge in [0.25, 0.3) is 0 Å². The van der Waals surface area contributed by atoms with Crippen molar-refractivity contribution in [2.24, 2.45) is 0 Å². The highest BCUT2D eigenvalue weighted by atomic mass is 15.2. The van der Waals surface area contributed by atoms with E-state index in [-0.39, 0.29) is 5.41 Å². The standard InChI is InChI=1S/C59H44N2/c1-59(2)54-25-13-14-26-55(54)61(56-27-15-24-51(57(56)59)47-29-28-42-18-9-10-20-46(42)40-47)58-52-23-12-11-19-44(52)34-39-53(58)45-32-37-50(38-33-45)60(48-21-7-4-8-22-48)49-35-30-43(31-36-49)41-16-5-3-6-17-41/h3-40H,1-2H3. The van der Waals surface area contributed by atoms with Crippen molar-refractivity contribution in [1.82, 2.24) is 0 Å². The summed E-state index contributed by atoms with van der Waals surface area (Å²) >= 11 is 0. The highest BCUT2D eigenvalue weighted by molar-refractivity contribution is 6.08. The van der Waals surface area contributed by atoms with Crippen LogP contribution in [-0.2, 0) is 5.41 Å². The van der Waals surface area contributed by atoms with E-state index in [9.17, 15) is 0 Å². The molecule has 0 saturated heterocycles. The van der Waals surface area contributed by atoms with E-state index in [1.165, 1.54) is 77.6 Å². The first kappa shape index (κ1) is 36.4. The Morgan fingerprint density at radius 2 is 0.902 bits per heavy atom. The summed E-state index contributed by atoms with van der Waals surface area (Å²) in [5, 5.41) is 4.92. The van der Waals surface area contributed by atoms with Gasteiger partial charge >= 0.3 is 0 Å². The molecular weight excluding hydrogens is 737 g/mol. The maximum Gasteiger partial charge on any atom is 0.0618 e. The topological polar surface area (TPSA) is 6.48 Å². The molecule has 290 valence electrons. The molecule has 2 nitrogen and oxygen atoms in total. The minimum absolute atomic E-state index is 0.267. The number of hydrogen-bond donors (Lipinski definition) is 0. The second kappa shape index (κ2) is 14.9. The summed E-state index contributed by atoms with van der Waals surface area (Å²) in [5.74, 6) is 0. The Kier molecular flexibility index (Phi) is 8.86. The van der Waals surface area contributed by atoms with E-state index in [1.54, 1.807) is 0 Å². The highest BCUT2D eigenvalue weighted by Crippen LogP contribution is 2.57. The molecule has 10 aromatic carbocycles. The molecule has 0 N–H and O–H groups in total. The summed E-state index contributed by atoms with van der Waals surface area (Å²) in [6.45, 7) is 4.78. The van der Waals surface area contributed by atoms with Crippen LogP contribution < -0.4 is 9.80 Å². The Labute approximate surface area is 358 Å². The monoisotopic (exact) mass is 780 g/mol. The van der Waals surface area contributed by atoms with Crippen LogP contribution in [0.1, 0.15) is 25.0 Å². The number of nitrogens with zero attached hydrogens (tertiary/aromatic N) is 2. The van der Waals surface area contributed by atoms with Gasteiger partial charge in [0.15, 0.2) is 0 Å². The van der Waals surface area contributed by atoms with Gasteiger partial charge in [-0.2, -0.15) is 0 Å². The van der Waals surface area contributed by atoms with Crippen molar-refractivity contribution in [2.45, 2.75) is 19.3 Å². The predicted molar refractivity (Wildman–Crippen MR) is 259 cm³/mol. The average molecular weight is 781 g/mol. The van der Waals surface area contributed by atoms with E-state index < -0.39 is 0 Å². The molecule has 11 rings (SSSR count). The van der Waals surface area contributed by atoms with E-state index in [0.29, 0.717) is 0 Å². The molecule has 61 heavy (non-hydrogen) atoms. The van der Waals surface area contributed by atoms with Crippen molar-refractivity contribution >= 4 is 55.7 Å². The Morgan fingerprint density at radius 1 is 0.361 bits per heavy atom. The SMILES string of the molecule is CC1(C)c2ccccc2N(c2c(-c3ccc(N(c4ccccc4)c4ccc(-c5ccccc5)cc4)cc3)ccc3ccccc23)c2cccc(-c3ccc4ccccc4c3)c21. The molecule has 0 unspecified atom stereocenters. The first-order chi connectivity index (χ1) is 30.0. The lowest BCUT2D eigenvalue weighted by atomic mass is 9.70. The molecular formula is C59H44N2. The fourth-order valence-corrected chi connectivity index (χ4v) is 9.66. The Balaban J connectivity index is 1.08. The molecule has 0 bridgehead atoms. The van der Waals surface area contributed by atoms with Gasteiger partial charge in [0.2, 0.25) is 0 Å². The molecule has 2 heteroatoms. The molecule has 1 aliphatic heterocycles. The molecule has 1 heterocycles. The lowest BCUT2D eigenvalue weighted by Gasteiger charge is -2.44. The zero-order chi connectivity index (χ0) is 40.9. The van der Waals surface area contributed by atoms with Crippen LogP contribution in [0.15, 0.2) is 231 Å². The van der Waals surface area contributed by atoms with E-state index in [1.807, 2.05) is 0 Å². The van der Waals surface area contributed by atoms with Crippen LogP contribution in [0.3, 0.4) is 0 Å². The average Bonchev–Trinajstić information content (AvgIpc) is 3.32. The van der Waals surface area contributed by atoms with Gasteiger partial charge < -0.3 is 9.80 Å². The van der Waals surface area contributed by atoms with Crippen LogP contribution in [0.25, 0.3) is 54.9 Å². The summed E-state index contributed by atoms with van der Waals surface area (Å²) in [6, 6.07) is 84.1. The second-order valence-corrected chi connectivity index (χ2v) is 16.6. The lowest BCUT2D eigenvalue weighted by Crippen LogP contribution is -2.31. The molecule has 0 spiro atoms. The van der Waals surface area contributed by atoms with Crippen molar-refractivity contribution in [1.29, 1.82) is 0 Å². The van der Waals surface area contributed by atoms with Gasteiger partial charge in [0, 0.05) is 33.4 Å². The van der Waals surface area contributed by atoms with Crippen molar-refractivity contribution in [3.05, 3.63) is 242 Å². The third-order valence-corrected chi connectivity index (χ3v) is 12.6. The van der Waals surface area contributed by atoms with Crippen molar-refractivity contribution < 1.29 is 0 Å². The Hall–Kier alpha value is -7.68. The summed E-state index contributed by atoms with van der Waals surface area (Å²) in [4.78, 5) is 4.89. The smallest absolute Gasteiger partial charge is 0.0618 e. The molecule has 0 fully saturated rings. The summed E-state index contributed by atoms with van der Waals surface area (Å²) in [6.07, 6.45) is 0. The molecule has 0 aliphatic carbocycles. The third kappa shape index (κ3) is 6.27. The highest BCUT2D eigenvalue weighted by Gasteiger charge is 2.39. The summed E-state index contributed by atoms with van der Waals surface area (Å²) in [5.41, 5.74) is 16.5. The maximum atomic E-state index is 2.55. The first-order valence-electron chi connectivity index (χ1n) is 21.2. The van der Waals surface area contributed by atoms with Gasteiger partial charge in [-0.25, -0.2) is 0 Å². The van der Waals surface area contributed by atoms with Crippen LogP contribution >= 0.6 is 0 Å². The summed E-state index contributed by atoms with van der Waals surface area (Å²) in [7, 11) is 0. The zero-order valence-electron chi connectivity index (χ0n) is 34.3. The molecule has 0 aromatic heterocycles. The lowest BCUT2D eigenvalue weighted by molar-refractivity contribution is 0.634. The molecule has 1 aliphatic rings. The van der Waals surface area contributed by atoms with Crippen LogP contribution in [-0.4, -0.2) is 0 Å². The normalized spacial score (nSPS) is 12.9. The number of para-hydroxylation sites is 2. The number of hydrogen-bond acceptors (Lipinski definition) is 2. The minimum atomic E-state index is -0.267. The van der Waals surface area contributed by atoms with Gasteiger partial charge in [0.05, 0.1) is 17.1 Å². The Bertz CT molecular complexity index is 3200. The van der Waals surface area contributed by atoms with Crippen LogP contribution in [0.2, 0.25) is 0 Å². The quantitative estimate of drug-likeness (QED) is 0.159. The van der Waals surface area contributed by atoms with E-state index in [4.69, 9.17) is 0 Å². The fourth-order valence-electron chi connectivity index (χ4n) is 9.66. The second-order valence-electron chi connectivity index (χ2n) is 16.6. The number of fused-ring (bicyclic) bond motifs is 4. The van der Waals surface area contributed by atoms with E-state index in [0.717, 1.165) is 22.6 Å². The maximum absolute atomic E-state index is 2.55. The van der Waals surface area contributed by atoms with Crippen molar-refractivity contribution in [2.75, 3.05) is 9.80 Å². The zero-order valence-corrected chi connectivity index (χ0v) is 34.3. The number of anilines is 6. The van der Waals surface area contributed by atoms with Gasteiger partial charge in [-0.05, 0) is 110 Å². The summed E-state index contributed by atoms with van der Waals surface area (Å²) < 4.78 is 0. The third-order valence-electron chi connectivity index (χ3n) is 12.6. The molecule has 0 atom stereocenters. The van der Waals surface area contributed by atoms with Gasteiger partial charge in [-0.1, -0.05) is 190 Å². The van der Waals surface area contributed by atoms with Gasteiger partial charge in [-0.3, -0.25) is 0 Å². The van der Waals surface area contributed by atoms with Gasteiger partial charge in [0.1, 0.15) is 0 Å². The van der Waals surface area contributed by atoms with E-state index in [2.05, 4.69) is 254 Å². The largest absolute Gasteiger partial charge is 0.311 e. The molecule has 10 aromatic rings. The van der Waals surface area contributed by atoms with E-state index >= 15 is 0 Å². The van der Waals surface area contributed by atoms with Crippen molar-refractivity contribution in [3.8, 4) is 33.4 Å². The Morgan fingerprint density at radius 3 is 1.66 bits per heavy atom. The molecule has 0 saturated carbocycles. The van der Waals surface area contributed by atoms with Crippen molar-refractivity contribution in [3.63, 3.8) is 0 Å². The first-order valence-corrected chi connectivity index (χ1v) is 21.2. The number of rotatable bonds is 7.